The standard InChI is InChI=1S/C22H22FNO2/c1-15(17-11-12-20(23)19-10-6-5-9-18(17)19)26-22-21(24-13-14-25-22)16-7-3-2-4-8-16/h2-12,15,21-22,24H,13-14H2,1H3/t15-,21?,22?/m1/s1. The van der Waals surface area contributed by atoms with Crippen molar-refractivity contribution in [1.82, 2.24) is 5.32 Å². The van der Waals surface area contributed by atoms with Crippen LogP contribution in [0, 0.1) is 5.82 Å². The van der Waals surface area contributed by atoms with Gasteiger partial charge < -0.3 is 14.8 Å². The zero-order valence-corrected chi connectivity index (χ0v) is 14.7. The molecule has 4 rings (SSSR count). The summed E-state index contributed by atoms with van der Waals surface area (Å²) in [7, 11) is 0. The molecule has 1 saturated heterocycles. The molecular formula is C22H22FNO2. The molecule has 1 heterocycles. The molecule has 26 heavy (non-hydrogen) atoms. The number of hydrogen-bond donors (Lipinski definition) is 1. The van der Waals surface area contributed by atoms with E-state index in [0.717, 1.165) is 23.1 Å². The summed E-state index contributed by atoms with van der Waals surface area (Å²) in [5, 5.41) is 4.97. The van der Waals surface area contributed by atoms with E-state index in [1.54, 1.807) is 12.1 Å². The fourth-order valence-corrected chi connectivity index (χ4v) is 3.55. The first kappa shape index (κ1) is 17.2. The Balaban J connectivity index is 1.61. The summed E-state index contributed by atoms with van der Waals surface area (Å²) >= 11 is 0. The van der Waals surface area contributed by atoms with E-state index in [0.29, 0.717) is 12.0 Å². The van der Waals surface area contributed by atoms with Gasteiger partial charge >= 0.3 is 0 Å². The van der Waals surface area contributed by atoms with Gasteiger partial charge in [-0.25, -0.2) is 4.39 Å². The van der Waals surface area contributed by atoms with Crippen LogP contribution in [0.4, 0.5) is 4.39 Å². The van der Waals surface area contributed by atoms with Gasteiger partial charge in [-0.1, -0.05) is 60.7 Å². The minimum atomic E-state index is -0.398. The molecule has 134 valence electrons. The van der Waals surface area contributed by atoms with E-state index in [1.807, 2.05) is 43.3 Å². The van der Waals surface area contributed by atoms with Gasteiger partial charge in [0.1, 0.15) is 5.82 Å². The van der Waals surface area contributed by atoms with Gasteiger partial charge in [0.2, 0.25) is 0 Å². The lowest BCUT2D eigenvalue weighted by molar-refractivity contribution is -0.199. The second-order valence-electron chi connectivity index (χ2n) is 6.54. The Morgan fingerprint density at radius 3 is 2.54 bits per heavy atom. The number of nitrogens with one attached hydrogen (secondary N) is 1. The zero-order chi connectivity index (χ0) is 17.9. The van der Waals surface area contributed by atoms with Crippen molar-refractivity contribution in [1.29, 1.82) is 0 Å². The highest BCUT2D eigenvalue weighted by atomic mass is 19.1. The van der Waals surface area contributed by atoms with Crippen LogP contribution in [0.1, 0.15) is 30.2 Å². The molecule has 3 atom stereocenters. The summed E-state index contributed by atoms with van der Waals surface area (Å²) in [5.41, 5.74) is 2.09. The quantitative estimate of drug-likeness (QED) is 0.736. The summed E-state index contributed by atoms with van der Waals surface area (Å²) in [5.74, 6) is -0.214. The molecule has 0 spiro atoms. The zero-order valence-electron chi connectivity index (χ0n) is 14.7. The van der Waals surface area contributed by atoms with Gasteiger partial charge in [-0.05, 0) is 29.5 Å². The average molecular weight is 351 g/mol. The van der Waals surface area contributed by atoms with Crippen LogP contribution in [0.25, 0.3) is 10.8 Å². The Kier molecular flexibility index (Phi) is 4.98. The minimum absolute atomic E-state index is 0.0286. The van der Waals surface area contributed by atoms with E-state index >= 15 is 0 Å². The minimum Gasteiger partial charge on any atom is -0.349 e. The first-order valence-corrected chi connectivity index (χ1v) is 8.96. The smallest absolute Gasteiger partial charge is 0.177 e. The van der Waals surface area contributed by atoms with E-state index in [2.05, 4.69) is 17.4 Å². The van der Waals surface area contributed by atoms with Gasteiger partial charge in [0.25, 0.3) is 0 Å². The van der Waals surface area contributed by atoms with E-state index in [1.165, 1.54) is 6.07 Å². The summed E-state index contributed by atoms with van der Waals surface area (Å²) in [6.07, 6.45) is -0.624. The molecule has 0 bridgehead atoms. The Bertz CT molecular complexity index is 884. The number of halogens is 1. The molecule has 0 saturated carbocycles. The first-order valence-electron chi connectivity index (χ1n) is 8.96. The molecule has 4 heteroatoms. The molecule has 2 unspecified atom stereocenters. The van der Waals surface area contributed by atoms with Crippen LogP contribution in [0.15, 0.2) is 66.7 Å². The Labute approximate surface area is 152 Å². The second-order valence-corrected chi connectivity index (χ2v) is 6.54. The van der Waals surface area contributed by atoms with Crippen molar-refractivity contribution < 1.29 is 13.9 Å². The van der Waals surface area contributed by atoms with E-state index in [9.17, 15) is 4.39 Å². The van der Waals surface area contributed by atoms with E-state index in [4.69, 9.17) is 9.47 Å². The lowest BCUT2D eigenvalue weighted by Crippen LogP contribution is -2.43. The van der Waals surface area contributed by atoms with Crippen LogP contribution in [0.2, 0.25) is 0 Å². The van der Waals surface area contributed by atoms with Crippen LogP contribution in [-0.2, 0) is 9.47 Å². The number of morpholine rings is 1. The van der Waals surface area contributed by atoms with Gasteiger partial charge in [-0.15, -0.1) is 0 Å². The van der Waals surface area contributed by atoms with Gasteiger partial charge in [0.15, 0.2) is 6.29 Å². The molecule has 1 fully saturated rings. The molecule has 0 aromatic heterocycles. The number of hydrogen-bond acceptors (Lipinski definition) is 3. The third kappa shape index (κ3) is 3.36. The molecule has 1 aliphatic heterocycles. The van der Waals surface area contributed by atoms with Gasteiger partial charge in [-0.2, -0.15) is 0 Å². The van der Waals surface area contributed by atoms with Crippen molar-refractivity contribution in [3.8, 4) is 0 Å². The van der Waals surface area contributed by atoms with Crippen molar-refractivity contribution in [3.63, 3.8) is 0 Å². The predicted octanol–water partition coefficient (Wildman–Crippen LogP) is 4.74. The average Bonchev–Trinajstić information content (AvgIpc) is 2.69. The lowest BCUT2D eigenvalue weighted by atomic mass is 10.00. The van der Waals surface area contributed by atoms with Crippen molar-refractivity contribution in [2.45, 2.75) is 25.4 Å². The second kappa shape index (κ2) is 7.54. The van der Waals surface area contributed by atoms with Crippen LogP contribution < -0.4 is 5.32 Å². The molecule has 0 amide bonds. The number of rotatable bonds is 4. The summed E-state index contributed by atoms with van der Waals surface area (Å²) in [6.45, 7) is 3.37. The van der Waals surface area contributed by atoms with Gasteiger partial charge in [0.05, 0.1) is 18.8 Å². The monoisotopic (exact) mass is 351 g/mol. The normalized spacial score (nSPS) is 21.6. The van der Waals surface area contributed by atoms with Crippen LogP contribution in [0.5, 0.6) is 0 Å². The predicted molar refractivity (Wildman–Crippen MR) is 100 cm³/mol. The number of benzene rings is 3. The molecule has 1 aliphatic rings. The molecule has 0 radical (unpaired) electrons. The first-order chi connectivity index (χ1) is 12.7. The molecule has 3 aromatic rings. The molecule has 1 N–H and O–H groups in total. The van der Waals surface area contributed by atoms with Gasteiger partial charge in [-0.3, -0.25) is 0 Å². The maximum absolute atomic E-state index is 14.1. The fraction of sp³-hybridized carbons (Fsp3) is 0.273. The van der Waals surface area contributed by atoms with E-state index in [-0.39, 0.29) is 18.0 Å². The summed E-state index contributed by atoms with van der Waals surface area (Å²) < 4.78 is 26.3. The Morgan fingerprint density at radius 1 is 1.00 bits per heavy atom. The van der Waals surface area contributed by atoms with E-state index < -0.39 is 6.29 Å². The summed E-state index contributed by atoms with van der Waals surface area (Å²) in [6, 6.07) is 20.9. The maximum atomic E-state index is 14.1. The molecule has 0 aliphatic carbocycles. The molecule has 3 nitrogen and oxygen atoms in total. The SMILES string of the molecule is C[C@@H](OC1OCCNC1c1ccccc1)c1ccc(F)c2ccccc12. The van der Waals surface area contributed by atoms with Crippen molar-refractivity contribution in [2.75, 3.05) is 13.2 Å². The van der Waals surface area contributed by atoms with Crippen LogP contribution in [-0.4, -0.2) is 19.4 Å². The van der Waals surface area contributed by atoms with Crippen molar-refractivity contribution in [2.24, 2.45) is 0 Å². The van der Waals surface area contributed by atoms with Crippen molar-refractivity contribution in [3.05, 3.63) is 83.7 Å². The molecular weight excluding hydrogens is 329 g/mol. The largest absolute Gasteiger partial charge is 0.349 e. The highest BCUT2D eigenvalue weighted by Gasteiger charge is 2.30. The number of fused-ring (bicyclic) bond motifs is 1. The van der Waals surface area contributed by atoms with Gasteiger partial charge in [0, 0.05) is 11.9 Å². The summed E-state index contributed by atoms with van der Waals surface area (Å²) in [4.78, 5) is 0. The molecule has 3 aromatic carbocycles. The third-order valence-electron chi connectivity index (χ3n) is 4.86. The Morgan fingerprint density at radius 2 is 1.73 bits per heavy atom. The maximum Gasteiger partial charge on any atom is 0.177 e. The van der Waals surface area contributed by atoms with Crippen LogP contribution >= 0.6 is 0 Å². The number of ether oxygens (including phenoxy) is 2. The van der Waals surface area contributed by atoms with Crippen molar-refractivity contribution >= 4 is 10.8 Å². The topological polar surface area (TPSA) is 30.5 Å². The lowest BCUT2D eigenvalue weighted by Gasteiger charge is -2.34. The Hall–Kier alpha value is -2.27. The highest BCUT2D eigenvalue weighted by molar-refractivity contribution is 5.86. The van der Waals surface area contributed by atoms with Crippen LogP contribution in [0.3, 0.4) is 0 Å². The highest BCUT2D eigenvalue weighted by Crippen LogP contribution is 2.32. The third-order valence-corrected chi connectivity index (χ3v) is 4.86. The fourth-order valence-electron chi connectivity index (χ4n) is 3.55.